The Morgan fingerprint density at radius 2 is 2.05 bits per heavy atom. The predicted molar refractivity (Wildman–Crippen MR) is 78.6 cm³/mol. The number of amides is 1. The second-order valence-corrected chi connectivity index (χ2v) is 5.52. The maximum Gasteiger partial charge on any atom is 0.251 e. The van der Waals surface area contributed by atoms with Crippen molar-refractivity contribution in [3.63, 3.8) is 0 Å². The lowest BCUT2D eigenvalue weighted by atomic mass is 10.2. The number of nitrogens with zero attached hydrogens (tertiary/aromatic N) is 2. The molecular formula is C15H20FN3O2. The van der Waals surface area contributed by atoms with Gasteiger partial charge in [0, 0.05) is 38.5 Å². The molecule has 3 rings (SSSR count). The first-order valence-corrected chi connectivity index (χ1v) is 7.35. The van der Waals surface area contributed by atoms with Crippen LogP contribution in [0.3, 0.4) is 0 Å². The van der Waals surface area contributed by atoms with Crippen LogP contribution in [-0.4, -0.2) is 49.7 Å². The van der Waals surface area contributed by atoms with Crippen molar-refractivity contribution in [2.45, 2.75) is 18.9 Å². The maximum absolute atomic E-state index is 13.9. The van der Waals surface area contributed by atoms with Crippen molar-refractivity contribution in [3.05, 3.63) is 24.0 Å². The molecule has 6 heteroatoms. The van der Waals surface area contributed by atoms with Crippen LogP contribution in [0.1, 0.15) is 12.8 Å². The van der Waals surface area contributed by atoms with E-state index in [1.807, 2.05) is 9.80 Å². The topological polar surface area (TPSA) is 58.8 Å². The van der Waals surface area contributed by atoms with Crippen LogP contribution in [0.15, 0.2) is 18.2 Å². The van der Waals surface area contributed by atoms with Crippen molar-refractivity contribution in [2.75, 3.05) is 43.4 Å². The van der Waals surface area contributed by atoms with Gasteiger partial charge in [-0.3, -0.25) is 4.79 Å². The van der Waals surface area contributed by atoms with Crippen LogP contribution in [-0.2, 0) is 9.53 Å². The molecule has 0 bridgehead atoms. The van der Waals surface area contributed by atoms with Gasteiger partial charge in [0.2, 0.25) is 0 Å². The van der Waals surface area contributed by atoms with Crippen LogP contribution >= 0.6 is 0 Å². The van der Waals surface area contributed by atoms with Crippen LogP contribution in [0.4, 0.5) is 15.8 Å². The van der Waals surface area contributed by atoms with E-state index in [2.05, 4.69) is 0 Å². The highest BCUT2D eigenvalue weighted by Crippen LogP contribution is 2.23. The van der Waals surface area contributed by atoms with E-state index >= 15 is 0 Å². The van der Waals surface area contributed by atoms with Gasteiger partial charge in [-0.1, -0.05) is 0 Å². The number of carbonyl (C=O) groups is 1. The van der Waals surface area contributed by atoms with Gasteiger partial charge >= 0.3 is 0 Å². The number of carbonyl (C=O) groups excluding carboxylic acids is 1. The number of piperazine rings is 1. The molecule has 2 N–H and O–H groups in total. The predicted octanol–water partition coefficient (Wildman–Crippen LogP) is 1.24. The molecule has 21 heavy (non-hydrogen) atoms. The first-order chi connectivity index (χ1) is 10.1. The van der Waals surface area contributed by atoms with E-state index in [1.165, 1.54) is 6.07 Å². The normalized spacial score (nSPS) is 22.6. The van der Waals surface area contributed by atoms with Gasteiger partial charge in [0.25, 0.3) is 5.91 Å². The molecule has 0 aromatic heterocycles. The molecule has 0 radical (unpaired) electrons. The Labute approximate surface area is 123 Å². The average Bonchev–Trinajstić information content (AvgIpc) is 3.01. The molecule has 1 aromatic carbocycles. The number of anilines is 2. The third kappa shape index (κ3) is 2.95. The van der Waals surface area contributed by atoms with Gasteiger partial charge in [0.15, 0.2) is 0 Å². The third-order valence-corrected chi connectivity index (χ3v) is 4.11. The molecule has 1 amide bonds. The monoisotopic (exact) mass is 293 g/mol. The molecule has 2 fully saturated rings. The van der Waals surface area contributed by atoms with E-state index in [0.717, 1.165) is 12.8 Å². The third-order valence-electron chi connectivity index (χ3n) is 4.11. The second kappa shape index (κ2) is 5.89. The minimum Gasteiger partial charge on any atom is -0.399 e. The summed E-state index contributed by atoms with van der Waals surface area (Å²) in [7, 11) is 0. The van der Waals surface area contributed by atoms with E-state index in [-0.39, 0.29) is 17.8 Å². The zero-order chi connectivity index (χ0) is 14.8. The lowest BCUT2D eigenvalue weighted by molar-refractivity contribution is -0.141. The molecule has 0 spiro atoms. The smallest absolute Gasteiger partial charge is 0.251 e. The summed E-state index contributed by atoms with van der Waals surface area (Å²) >= 11 is 0. The fourth-order valence-corrected chi connectivity index (χ4v) is 2.92. The van der Waals surface area contributed by atoms with Crippen molar-refractivity contribution in [1.82, 2.24) is 4.90 Å². The number of halogens is 1. The summed E-state index contributed by atoms with van der Waals surface area (Å²) in [5, 5.41) is 0. The van der Waals surface area contributed by atoms with Crippen LogP contribution in [0.5, 0.6) is 0 Å². The molecule has 2 heterocycles. The van der Waals surface area contributed by atoms with Crippen molar-refractivity contribution in [1.29, 1.82) is 0 Å². The van der Waals surface area contributed by atoms with Gasteiger partial charge in [-0.15, -0.1) is 0 Å². The molecule has 114 valence electrons. The first-order valence-electron chi connectivity index (χ1n) is 7.35. The summed E-state index contributed by atoms with van der Waals surface area (Å²) in [5.74, 6) is -0.237. The SMILES string of the molecule is Nc1ccc(N2CCN(C(=O)C3CCCO3)CC2)c(F)c1. The van der Waals surface area contributed by atoms with E-state index in [0.29, 0.717) is 44.2 Å². The number of benzene rings is 1. The Balaban J connectivity index is 1.60. The largest absolute Gasteiger partial charge is 0.399 e. The highest BCUT2D eigenvalue weighted by Gasteiger charge is 2.30. The van der Waals surface area contributed by atoms with Crippen molar-refractivity contribution < 1.29 is 13.9 Å². The summed E-state index contributed by atoms with van der Waals surface area (Å²) in [6, 6.07) is 4.73. The van der Waals surface area contributed by atoms with Crippen LogP contribution in [0, 0.1) is 5.82 Å². The van der Waals surface area contributed by atoms with E-state index in [1.54, 1.807) is 12.1 Å². The van der Waals surface area contributed by atoms with Gasteiger partial charge in [0.1, 0.15) is 11.9 Å². The van der Waals surface area contributed by atoms with Crippen LogP contribution in [0.25, 0.3) is 0 Å². The minimum atomic E-state index is -0.311. The van der Waals surface area contributed by atoms with Crippen molar-refractivity contribution >= 4 is 17.3 Å². The van der Waals surface area contributed by atoms with E-state index < -0.39 is 0 Å². The van der Waals surface area contributed by atoms with Gasteiger partial charge in [0.05, 0.1) is 5.69 Å². The fourth-order valence-electron chi connectivity index (χ4n) is 2.92. The van der Waals surface area contributed by atoms with Gasteiger partial charge in [-0.2, -0.15) is 0 Å². The Bertz CT molecular complexity index is 524. The molecule has 5 nitrogen and oxygen atoms in total. The van der Waals surface area contributed by atoms with E-state index in [4.69, 9.17) is 10.5 Å². The highest BCUT2D eigenvalue weighted by atomic mass is 19.1. The summed E-state index contributed by atoms with van der Waals surface area (Å²) in [6.07, 6.45) is 1.49. The average molecular weight is 293 g/mol. The number of rotatable bonds is 2. The van der Waals surface area contributed by atoms with Crippen LogP contribution in [0.2, 0.25) is 0 Å². The maximum atomic E-state index is 13.9. The summed E-state index contributed by atoms with van der Waals surface area (Å²) in [5.41, 5.74) is 6.53. The molecule has 2 aliphatic rings. The Kier molecular flexibility index (Phi) is 3.96. The summed E-state index contributed by atoms with van der Waals surface area (Å²) in [4.78, 5) is 16.0. The number of nitrogen functional groups attached to an aromatic ring is 1. The first kappa shape index (κ1) is 14.1. The van der Waals surface area contributed by atoms with Gasteiger partial charge in [-0.25, -0.2) is 4.39 Å². The molecular weight excluding hydrogens is 273 g/mol. The highest BCUT2D eigenvalue weighted by molar-refractivity contribution is 5.81. The lowest BCUT2D eigenvalue weighted by Gasteiger charge is -2.37. The number of hydrogen-bond donors (Lipinski definition) is 1. The zero-order valence-corrected chi connectivity index (χ0v) is 11.9. The Morgan fingerprint density at radius 3 is 2.67 bits per heavy atom. The lowest BCUT2D eigenvalue weighted by Crippen LogP contribution is -2.51. The minimum absolute atomic E-state index is 0.0740. The summed E-state index contributed by atoms with van der Waals surface area (Å²) < 4.78 is 19.3. The second-order valence-electron chi connectivity index (χ2n) is 5.52. The van der Waals surface area contributed by atoms with Gasteiger partial charge in [-0.05, 0) is 31.0 Å². The molecule has 0 saturated carbocycles. The van der Waals surface area contributed by atoms with Crippen molar-refractivity contribution in [3.8, 4) is 0 Å². The van der Waals surface area contributed by atoms with Crippen molar-refractivity contribution in [2.24, 2.45) is 0 Å². The quantitative estimate of drug-likeness (QED) is 0.833. The molecule has 0 aliphatic carbocycles. The number of nitrogens with two attached hydrogens (primary N) is 1. The summed E-state index contributed by atoms with van der Waals surface area (Å²) in [6.45, 7) is 3.12. The van der Waals surface area contributed by atoms with Crippen LogP contribution < -0.4 is 10.6 Å². The standard InChI is InChI=1S/C15H20FN3O2/c16-12-10-11(17)3-4-13(12)18-5-7-19(8-6-18)15(20)14-2-1-9-21-14/h3-4,10,14H,1-2,5-9,17H2. The number of hydrogen-bond acceptors (Lipinski definition) is 4. The Hall–Kier alpha value is -1.82. The fraction of sp³-hybridized carbons (Fsp3) is 0.533. The molecule has 1 unspecified atom stereocenters. The van der Waals surface area contributed by atoms with Gasteiger partial charge < -0.3 is 20.3 Å². The number of ether oxygens (including phenoxy) is 1. The van der Waals surface area contributed by atoms with E-state index in [9.17, 15) is 9.18 Å². The zero-order valence-electron chi connectivity index (χ0n) is 11.9. The molecule has 2 aliphatic heterocycles. The Morgan fingerprint density at radius 1 is 1.29 bits per heavy atom. The molecule has 1 atom stereocenters. The molecule has 2 saturated heterocycles. The molecule has 1 aromatic rings.